The molecule has 0 aliphatic rings. The molecular formula is C9H13N3O2S. The number of aromatic nitrogens is 3. The summed E-state index contributed by atoms with van der Waals surface area (Å²) < 4.78 is 0. The number of aliphatic carboxylic acids is 1. The van der Waals surface area contributed by atoms with E-state index in [9.17, 15) is 4.79 Å². The van der Waals surface area contributed by atoms with Gasteiger partial charge in [0.2, 0.25) is 5.16 Å². The van der Waals surface area contributed by atoms with Crippen molar-refractivity contribution in [1.29, 1.82) is 0 Å². The van der Waals surface area contributed by atoms with Gasteiger partial charge < -0.3 is 5.11 Å². The van der Waals surface area contributed by atoms with Crippen LogP contribution in [0.15, 0.2) is 5.16 Å². The van der Waals surface area contributed by atoms with Crippen molar-refractivity contribution < 1.29 is 9.90 Å². The molecule has 1 atom stereocenters. The van der Waals surface area contributed by atoms with Crippen LogP contribution in [-0.4, -0.2) is 31.5 Å². The van der Waals surface area contributed by atoms with Gasteiger partial charge in [-0.05, 0) is 13.8 Å². The topological polar surface area (TPSA) is 76.0 Å². The Bertz CT molecular complexity index is 370. The molecule has 5 nitrogen and oxygen atoms in total. The Kier molecular flexibility index (Phi) is 4.02. The van der Waals surface area contributed by atoms with Crippen molar-refractivity contribution in [3.8, 4) is 0 Å². The van der Waals surface area contributed by atoms with Crippen LogP contribution < -0.4 is 0 Å². The molecule has 0 amide bonds. The van der Waals surface area contributed by atoms with Crippen LogP contribution in [0, 0.1) is 13.8 Å². The number of nitrogens with zero attached hydrogens (tertiary/aromatic N) is 3. The van der Waals surface area contributed by atoms with Gasteiger partial charge in [0.1, 0.15) is 0 Å². The summed E-state index contributed by atoms with van der Waals surface area (Å²) in [5.74, 6) is -0.813. The summed E-state index contributed by atoms with van der Waals surface area (Å²) in [7, 11) is 0. The van der Waals surface area contributed by atoms with Gasteiger partial charge in [0.25, 0.3) is 0 Å². The predicted molar refractivity (Wildman–Crippen MR) is 56.9 cm³/mol. The third kappa shape index (κ3) is 3.83. The summed E-state index contributed by atoms with van der Waals surface area (Å²) in [4.78, 5) is 14.7. The van der Waals surface area contributed by atoms with E-state index in [1.807, 2.05) is 20.8 Å². The number of carbonyl (C=O) groups is 1. The Hall–Kier alpha value is -1.17. The molecule has 1 unspecified atom stereocenters. The van der Waals surface area contributed by atoms with Gasteiger partial charge in [-0.2, -0.15) is 5.10 Å². The Morgan fingerprint density at radius 3 is 2.60 bits per heavy atom. The first kappa shape index (κ1) is 11.9. The molecule has 6 heteroatoms. The van der Waals surface area contributed by atoms with Gasteiger partial charge in [-0.25, -0.2) is 4.98 Å². The molecule has 0 aliphatic carbocycles. The van der Waals surface area contributed by atoms with Crippen molar-refractivity contribution in [1.82, 2.24) is 15.2 Å². The molecule has 1 aromatic rings. The van der Waals surface area contributed by atoms with Gasteiger partial charge in [0.15, 0.2) is 0 Å². The van der Waals surface area contributed by atoms with Crippen molar-refractivity contribution in [3.63, 3.8) is 0 Å². The van der Waals surface area contributed by atoms with Crippen LogP contribution in [0.25, 0.3) is 0 Å². The van der Waals surface area contributed by atoms with E-state index in [-0.39, 0.29) is 11.7 Å². The number of aryl methyl sites for hydroxylation is 2. The summed E-state index contributed by atoms with van der Waals surface area (Å²) in [6, 6.07) is 0. The number of carboxylic acid groups (broad SMARTS) is 1. The standard InChI is InChI=1S/C9H13N3O2S/c1-5(4-8(13)14)15-9-10-6(2)7(3)11-12-9/h5H,4H2,1-3H3,(H,13,14). The minimum Gasteiger partial charge on any atom is -0.481 e. The van der Waals surface area contributed by atoms with Crippen LogP contribution in [0.4, 0.5) is 0 Å². The summed E-state index contributed by atoms with van der Waals surface area (Å²) in [5, 5.41) is 16.9. The molecule has 1 rings (SSSR count). The maximum Gasteiger partial charge on any atom is 0.304 e. The summed E-state index contributed by atoms with van der Waals surface area (Å²) in [6.07, 6.45) is 0.0982. The van der Waals surface area contributed by atoms with Crippen LogP contribution in [-0.2, 0) is 4.79 Å². The van der Waals surface area contributed by atoms with Crippen LogP contribution in [0.3, 0.4) is 0 Å². The molecule has 1 heterocycles. The Balaban J connectivity index is 2.64. The fraction of sp³-hybridized carbons (Fsp3) is 0.556. The first-order valence-electron chi connectivity index (χ1n) is 4.55. The van der Waals surface area contributed by atoms with Crippen LogP contribution in [0.2, 0.25) is 0 Å². The maximum absolute atomic E-state index is 10.5. The molecule has 1 N–H and O–H groups in total. The number of thioether (sulfide) groups is 1. The van der Waals surface area contributed by atoms with Crippen molar-refractivity contribution in [3.05, 3.63) is 11.4 Å². The third-order valence-electron chi connectivity index (χ3n) is 1.84. The van der Waals surface area contributed by atoms with Crippen molar-refractivity contribution in [2.45, 2.75) is 37.6 Å². The largest absolute Gasteiger partial charge is 0.481 e. The zero-order valence-electron chi connectivity index (χ0n) is 8.89. The second-order valence-corrected chi connectivity index (χ2v) is 4.70. The third-order valence-corrected chi connectivity index (χ3v) is 2.79. The molecule has 0 radical (unpaired) electrons. The molecule has 15 heavy (non-hydrogen) atoms. The Morgan fingerprint density at radius 1 is 1.40 bits per heavy atom. The first-order chi connectivity index (χ1) is 6.99. The molecule has 0 fully saturated rings. The predicted octanol–water partition coefficient (Wildman–Crippen LogP) is 1.44. The van der Waals surface area contributed by atoms with Crippen molar-refractivity contribution in [2.75, 3.05) is 0 Å². The van der Waals surface area contributed by atoms with Crippen LogP contribution in [0.1, 0.15) is 24.7 Å². The molecule has 0 aromatic carbocycles. The molecule has 0 saturated heterocycles. The molecule has 1 aromatic heterocycles. The average molecular weight is 227 g/mol. The van der Waals surface area contributed by atoms with Gasteiger partial charge in [0.05, 0.1) is 17.8 Å². The minimum atomic E-state index is -0.813. The molecule has 0 bridgehead atoms. The molecular weight excluding hydrogens is 214 g/mol. The normalized spacial score (nSPS) is 12.5. The molecule has 0 aliphatic heterocycles. The summed E-state index contributed by atoms with van der Waals surface area (Å²) >= 11 is 1.33. The maximum atomic E-state index is 10.5. The highest BCUT2D eigenvalue weighted by Gasteiger charge is 2.11. The van der Waals surface area contributed by atoms with E-state index >= 15 is 0 Å². The molecule has 82 valence electrons. The summed E-state index contributed by atoms with van der Waals surface area (Å²) in [5.41, 5.74) is 1.63. The lowest BCUT2D eigenvalue weighted by Crippen LogP contribution is -2.07. The van der Waals surface area contributed by atoms with E-state index in [1.54, 1.807) is 0 Å². The zero-order valence-corrected chi connectivity index (χ0v) is 9.71. The average Bonchev–Trinajstić information content (AvgIpc) is 2.10. The van der Waals surface area contributed by atoms with Gasteiger partial charge >= 0.3 is 5.97 Å². The second kappa shape index (κ2) is 5.06. The second-order valence-electron chi connectivity index (χ2n) is 3.29. The lowest BCUT2D eigenvalue weighted by molar-refractivity contribution is -0.136. The zero-order chi connectivity index (χ0) is 11.4. The van der Waals surface area contributed by atoms with E-state index in [2.05, 4.69) is 15.2 Å². The monoisotopic (exact) mass is 227 g/mol. The molecule has 0 spiro atoms. The Morgan fingerprint density at radius 2 is 2.07 bits per heavy atom. The van der Waals surface area contributed by atoms with Crippen LogP contribution >= 0.6 is 11.8 Å². The van der Waals surface area contributed by atoms with Crippen molar-refractivity contribution >= 4 is 17.7 Å². The fourth-order valence-corrected chi connectivity index (χ4v) is 1.82. The van der Waals surface area contributed by atoms with E-state index < -0.39 is 5.97 Å². The SMILES string of the molecule is Cc1nnc(SC(C)CC(=O)O)nc1C. The highest BCUT2D eigenvalue weighted by molar-refractivity contribution is 7.99. The highest BCUT2D eigenvalue weighted by atomic mass is 32.2. The van der Waals surface area contributed by atoms with Crippen LogP contribution in [0.5, 0.6) is 0 Å². The smallest absolute Gasteiger partial charge is 0.304 e. The molecule has 0 saturated carbocycles. The number of rotatable bonds is 4. The van der Waals surface area contributed by atoms with E-state index in [1.165, 1.54) is 11.8 Å². The number of carboxylic acids is 1. The first-order valence-corrected chi connectivity index (χ1v) is 5.43. The minimum absolute atomic E-state index is 0.0496. The quantitative estimate of drug-likeness (QED) is 0.784. The summed E-state index contributed by atoms with van der Waals surface area (Å²) in [6.45, 7) is 5.53. The lowest BCUT2D eigenvalue weighted by Gasteiger charge is -2.06. The Labute approximate surface area is 92.3 Å². The van der Waals surface area contributed by atoms with Gasteiger partial charge in [0, 0.05) is 5.25 Å². The van der Waals surface area contributed by atoms with E-state index in [0.29, 0.717) is 5.16 Å². The lowest BCUT2D eigenvalue weighted by atomic mass is 10.3. The highest BCUT2D eigenvalue weighted by Crippen LogP contribution is 2.21. The van der Waals surface area contributed by atoms with Gasteiger partial charge in [-0.15, -0.1) is 5.10 Å². The van der Waals surface area contributed by atoms with E-state index in [4.69, 9.17) is 5.11 Å². The van der Waals surface area contributed by atoms with Gasteiger partial charge in [-0.3, -0.25) is 4.79 Å². The van der Waals surface area contributed by atoms with Gasteiger partial charge in [-0.1, -0.05) is 18.7 Å². The fourth-order valence-electron chi connectivity index (χ4n) is 0.954. The number of hydrogen-bond acceptors (Lipinski definition) is 5. The van der Waals surface area contributed by atoms with Crippen molar-refractivity contribution in [2.24, 2.45) is 0 Å². The number of hydrogen-bond donors (Lipinski definition) is 1. The van der Waals surface area contributed by atoms with E-state index in [0.717, 1.165) is 11.4 Å².